The van der Waals surface area contributed by atoms with E-state index in [1.54, 1.807) is 4.68 Å². The quantitative estimate of drug-likeness (QED) is 0.799. The van der Waals surface area contributed by atoms with Crippen molar-refractivity contribution in [3.8, 4) is 11.3 Å². The van der Waals surface area contributed by atoms with Crippen LogP contribution < -0.4 is 0 Å². The first-order chi connectivity index (χ1) is 10.1. The second-order valence-corrected chi connectivity index (χ2v) is 5.29. The van der Waals surface area contributed by atoms with Crippen LogP contribution in [0.15, 0.2) is 24.3 Å². The van der Waals surface area contributed by atoms with Crippen molar-refractivity contribution in [3.63, 3.8) is 0 Å². The third kappa shape index (κ3) is 4.27. The van der Waals surface area contributed by atoms with Gasteiger partial charge in [0.15, 0.2) is 0 Å². The van der Waals surface area contributed by atoms with Crippen LogP contribution in [0, 0.1) is 6.92 Å². The summed E-state index contributed by atoms with van der Waals surface area (Å²) < 4.78 is 6.96. The number of rotatable bonds is 7. The van der Waals surface area contributed by atoms with Gasteiger partial charge in [-0.05, 0) is 32.4 Å². The van der Waals surface area contributed by atoms with Crippen LogP contribution in [-0.2, 0) is 11.3 Å². The maximum atomic E-state index is 9.98. The van der Waals surface area contributed by atoms with E-state index in [-0.39, 0.29) is 0 Å². The highest BCUT2D eigenvalue weighted by atomic mass is 35.5. The molecule has 1 atom stereocenters. The maximum absolute atomic E-state index is 9.98. The zero-order valence-electron chi connectivity index (χ0n) is 12.3. The average molecular weight is 310 g/mol. The Morgan fingerprint density at radius 2 is 2.05 bits per heavy atom. The molecule has 0 saturated carbocycles. The summed E-state index contributed by atoms with van der Waals surface area (Å²) in [5.74, 6) is 0. The molecule has 5 nitrogen and oxygen atoms in total. The van der Waals surface area contributed by atoms with Gasteiger partial charge in [-0.25, -0.2) is 4.68 Å². The number of benzene rings is 1. The minimum absolute atomic E-state index is 0.416. The Labute approximate surface area is 129 Å². The average Bonchev–Trinajstić information content (AvgIpc) is 2.82. The number of aromatic nitrogens is 3. The molecule has 21 heavy (non-hydrogen) atoms. The molecule has 1 N–H and O–H groups in total. The van der Waals surface area contributed by atoms with Gasteiger partial charge in [0.1, 0.15) is 5.69 Å². The summed E-state index contributed by atoms with van der Waals surface area (Å²) in [7, 11) is 0. The fourth-order valence-corrected chi connectivity index (χ4v) is 2.19. The van der Waals surface area contributed by atoms with Crippen molar-refractivity contribution in [3.05, 3.63) is 35.0 Å². The molecule has 0 spiro atoms. The van der Waals surface area contributed by atoms with Crippen molar-refractivity contribution in [1.29, 1.82) is 0 Å². The van der Waals surface area contributed by atoms with Gasteiger partial charge in [-0.3, -0.25) is 0 Å². The van der Waals surface area contributed by atoms with Gasteiger partial charge < -0.3 is 9.84 Å². The van der Waals surface area contributed by atoms with E-state index < -0.39 is 6.10 Å². The Hall–Kier alpha value is -1.43. The van der Waals surface area contributed by atoms with Crippen molar-refractivity contribution < 1.29 is 9.84 Å². The van der Waals surface area contributed by atoms with Gasteiger partial charge >= 0.3 is 0 Å². The number of hydrogen-bond acceptors (Lipinski definition) is 4. The smallest absolute Gasteiger partial charge is 0.115 e. The third-order valence-corrected chi connectivity index (χ3v) is 3.54. The normalized spacial score (nSPS) is 12.6. The van der Waals surface area contributed by atoms with Crippen LogP contribution in [0.25, 0.3) is 11.3 Å². The number of halogens is 1. The van der Waals surface area contributed by atoms with E-state index in [9.17, 15) is 5.11 Å². The zero-order valence-corrected chi connectivity index (χ0v) is 13.0. The molecule has 1 aromatic heterocycles. The summed E-state index contributed by atoms with van der Waals surface area (Å²) in [5.41, 5.74) is 2.70. The molecule has 0 radical (unpaired) electrons. The number of nitrogens with zero attached hydrogens (tertiary/aromatic N) is 3. The Kier molecular flexibility index (Phi) is 5.73. The summed E-state index contributed by atoms with van der Waals surface area (Å²) in [5, 5.41) is 19.0. The minimum atomic E-state index is -0.491. The van der Waals surface area contributed by atoms with E-state index >= 15 is 0 Å². The fourth-order valence-electron chi connectivity index (χ4n) is 2.06. The molecule has 0 bridgehead atoms. The van der Waals surface area contributed by atoms with Crippen molar-refractivity contribution >= 4 is 11.6 Å². The fraction of sp³-hybridized carbons (Fsp3) is 0.467. The molecule has 1 aromatic carbocycles. The second-order valence-electron chi connectivity index (χ2n) is 4.85. The molecule has 0 aliphatic carbocycles. The summed E-state index contributed by atoms with van der Waals surface area (Å²) in [6.07, 6.45) is 0.0960. The van der Waals surface area contributed by atoms with E-state index in [0.717, 1.165) is 17.0 Å². The highest BCUT2D eigenvalue weighted by molar-refractivity contribution is 6.30. The number of aliphatic hydroxyl groups excluding tert-OH is 1. The van der Waals surface area contributed by atoms with Gasteiger partial charge in [-0.1, -0.05) is 28.9 Å². The number of hydrogen-bond donors (Lipinski definition) is 1. The number of aliphatic hydroxyl groups is 1. The summed E-state index contributed by atoms with van der Waals surface area (Å²) >= 11 is 5.89. The first-order valence-electron chi connectivity index (χ1n) is 7.03. The van der Waals surface area contributed by atoms with Gasteiger partial charge in [0.05, 0.1) is 18.3 Å². The highest BCUT2D eigenvalue weighted by Crippen LogP contribution is 2.22. The molecule has 6 heteroatoms. The van der Waals surface area contributed by atoms with Gasteiger partial charge in [0.2, 0.25) is 0 Å². The molecule has 2 aromatic rings. The van der Waals surface area contributed by atoms with Crippen LogP contribution in [0.5, 0.6) is 0 Å². The summed E-state index contributed by atoms with van der Waals surface area (Å²) in [6.45, 7) is 5.51. The van der Waals surface area contributed by atoms with Crippen molar-refractivity contribution in [1.82, 2.24) is 15.0 Å². The molecule has 0 fully saturated rings. The van der Waals surface area contributed by atoms with E-state index in [2.05, 4.69) is 10.3 Å². The van der Waals surface area contributed by atoms with Crippen LogP contribution in [0.3, 0.4) is 0 Å². The summed E-state index contributed by atoms with van der Waals surface area (Å²) in [4.78, 5) is 0. The topological polar surface area (TPSA) is 60.2 Å². The lowest BCUT2D eigenvalue weighted by molar-refractivity contribution is 0.0771. The second kappa shape index (κ2) is 7.54. The molecule has 0 amide bonds. The monoisotopic (exact) mass is 309 g/mol. The zero-order chi connectivity index (χ0) is 15.2. The lowest BCUT2D eigenvalue weighted by atomic mass is 10.1. The number of ether oxygens (including phenoxy) is 1. The Balaban J connectivity index is 2.04. The molecular weight excluding hydrogens is 290 g/mol. The van der Waals surface area contributed by atoms with Gasteiger partial charge in [0.25, 0.3) is 0 Å². The predicted molar refractivity (Wildman–Crippen MR) is 82.3 cm³/mol. The Bertz CT molecular complexity index is 569. The molecule has 1 heterocycles. The van der Waals surface area contributed by atoms with Crippen molar-refractivity contribution in [2.45, 2.75) is 32.9 Å². The molecule has 0 aliphatic rings. The van der Waals surface area contributed by atoms with Crippen molar-refractivity contribution in [2.75, 3.05) is 13.2 Å². The van der Waals surface area contributed by atoms with Crippen LogP contribution in [0.4, 0.5) is 0 Å². The van der Waals surface area contributed by atoms with Crippen LogP contribution in [-0.4, -0.2) is 39.4 Å². The van der Waals surface area contributed by atoms with E-state index in [1.807, 2.05) is 38.1 Å². The van der Waals surface area contributed by atoms with E-state index in [4.69, 9.17) is 16.3 Å². The maximum Gasteiger partial charge on any atom is 0.115 e. The van der Waals surface area contributed by atoms with Gasteiger partial charge in [-0.15, -0.1) is 5.10 Å². The standard InChI is InChI=1S/C15H20ClN3O2/c1-3-21-9-8-14(20)10-19-11(2)15(17-18-19)12-4-6-13(16)7-5-12/h4-7,14,20H,3,8-10H2,1-2H3. The van der Waals surface area contributed by atoms with Gasteiger partial charge in [0, 0.05) is 23.8 Å². The molecule has 0 saturated heterocycles. The van der Waals surface area contributed by atoms with Crippen molar-refractivity contribution in [2.24, 2.45) is 0 Å². The molecular formula is C15H20ClN3O2. The van der Waals surface area contributed by atoms with E-state index in [1.165, 1.54) is 0 Å². The third-order valence-electron chi connectivity index (χ3n) is 3.28. The molecule has 0 aliphatic heterocycles. The molecule has 2 rings (SSSR count). The summed E-state index contributed by atoms with van der Waals surface area (Å²) in [6, 6.07) is 7.48. The Morgan fingerprint density at radius 3 is 2.71 bits per heavy atom. The molecule has 114 valence electrons. The molecule has 1 unspecified atom stereocenters. The SMILES string of the molecule is CCOCCC(O)Cn1nnc(-c2ccc(Cl)cc2)c1C. The lowest BCUT2D eigenvalue weighted by Gasteiger charge is -2.11. The van der Waals surface area contributed by atoms with Crippen LogP contribution >= 0.6 is 11.6 Å². The Morgan fingerprint density at radius 1 is 1.33 bits per heavy atom. The van der Waals surface area contributed by atoms with E-state index in [0.29, 0.717) is 31.2 Å². The largest absolute Gasteiger partial charge is 0.391 e. The highest BCUT2D eigenvalue weighted by Gasteiger charge is 2.13. The first-order valence-corrected chi connectivity index (χ1v) is 7.41. The predicted octanol–water partition coefficient (Wildman–Crippen LogP) is 2.69. The minimum Gasteiger partial charge on any atom is -0.391 e. The van der Waals surface area contributed by atoms with Crippen LogP contribution in [0.1, 0.15) is 19.0 Å². The van der Waals surface area contributed by atoms with Gasteiger partial charge in [-0.2, -0.15) is 0 Å². The van der Waals surface area contributed by atoms with Crippen LogP contribution in [0.2, 0.25) is 5.02 Å². The first kappa shape index (κ1) is 15.9. The lowest BCUT2D eigenvalue weighted by Crippen LogP contribution is -2.19.